The maximum absolute atomic E-state index is 13.3. The molecule has 0 unspecified atom stereocenters. The molecule has 40 heavy (non-hydrogen) atoms. The number of anilines is 5. The van der Waals surface area contributed by atoms with Gasteiger partial charge in [0.1, 0.15) is 0 Å². The third-order valence-corrected chi connectivity index (χ3v) is 7.01. The summed E-state index contributed by atoms with van der Waals surface area (Å²) in [6.45, 7) is 2.09. The topological polar surface area (TPSA) is 138 Å². The molecular formula is C29H33N7O4. The summed E-state index contributed by atoms with van der Waals surface area (Å²) in [5, 5.41) is 19.4. The quantitative estimate of drug-likeness (QED) is 0.315. The molecule has 3 aromatic rings. The van der Waals surface area contributed by atoms with E-state index in [9.17, 15) is 14.4 Å². The van der Waals surface area contributed by atoms with Crippen molar-refractivity contribution in [3.8, 4) is 5.75 Å². The summed E-state index contributed by atoms with van der Waals surface area (Å²) in [5.41, 5.74) is 2.88. The van der Waals surface area contributed by atoms with Crippen molar-refractivity contribution in [2.24, 2.45) is 5.92 Å². The number of aromatic nitrogens is 2. The van der Waals surface area contributed by atoms with E-state index in [0.29, 0.717) is 22.6 Å². The van der Waals surface area contributed by atoms with Gasteiger partial charge in [0.15, 0.2) is 17.3 Å². The summed E-state index contributed by atoms with van der Waals surface area (Å²) >= 11 is 0. The van der Waals surface area contributed by atoms with Crippen molar-refractivity contribution in [1.82, 2.24) is 15.5 Å². The van der Waals surface area contributed by atoms with E-state index < -0.39 is 5.91 Å². The molecule has 2 aliphatic rings. The zero-order valence-corrected chi connectivity index (χ0v) is 22.6. The van der Waals surface area contributed by atoms with Gasteiger partial charge in [0.2, 0.25) is 5.91 Å². The number of para-hydroxylation sites is 1. The molecule has 3 amide bonds. The van der Waals surface area contributed by atoms with Crippen molar-refractivity contribution >= 4 is 46.3 Å². The van der Waals surface area contributed by atoms with Crippen LogP contribution in [0.3, 0.4) is 0 Å². The number of piperidine rings is 1. The number of amides is 3. The Morgan fingerprint density at radius 1 is 0.900 bits per heavy atom. The summed E-state index contributed by atoms with van der Waals surface area (Å²) in [4.78, 5) is 40.4. The maximum Gasteiger partial charge on any atom is 0.273 e. The fraction of sp³-hybridized carbons (Fsp3) is 0.345. The average Bonchev–Trinajstić information content (AvgIpc) is 3.84. The monoisotopic (exact) mass is 543 g/mol. The van der Waals surface area contributed by atoms with Crippen molar-refractivity contribution in [3.63, 3.8) is 0 Å². The number of carbonyl (C=O) groups excluding carboxylic acids is 3. The summed E-state index contributed by atoms with van der Waals surface area (Å²) in [6, 6.07) is 14.5. The lowest BCUT2D eigenvalue weighted by molar-refractivity contribution is -0.117. The van der Waals surface area contributed by atoms with Gasteiger partial charge in [-0.1, -0.05) is 6.07 Å². The van der Waals surface area contributed by atoms with Gasteiger partial charge in [-0.05, 0) is 68.5 Å². The smallest absolute Gasteiger partial charge is 0.273 e. The van der Waals surface area contributed by atoms with Gasteiger partial charge in [-0.3, -0.25) is 14.4 Å². The second-order valence-electron chi connectivity index (χ2n) is 9.89. The summed E-state index contributed by atoms with van der Waals surface area (Å²) in [5.74, 6) is -0.457. The van der Waals surface area contributed by atoms with E-state index >= 15 is 0 Å². The zero-order valence-electron chi connectivity index (χ0n) is 22.6. The van der Waals surface area contributed by atoms with E-state index in [4.69, 9.17) is 4.74 Å². The first-order chi connectivity index (χ1) is 19.5. The van der Waals surface area contributed by atoms with Crippen LogP contribution < -0.4 is 30.9 Å². The fourth-order valence-corrected chi connectivity index (χ4v) is 4.69. The number of nitrogens with one attached hydrogen (secondary N) is 4. The van der Waals surface area contributed by atoms with Crippen LogP contribution in [0.4, 0.5) is 28.6 Å². The van der Waals surface area contributed by atoms with Gasteiger partial charge in [0, 0.05) is 43.5 Å². The largest absolute Gasteiger partial charge is 0.494 e. The van der Waals surface area contributed by atoms with Gasteiger partial charge < -0.3 is 30.9 Å². The molecule has 2 fully saturated rings. The van der Waals surface area contributed by atoms with Crippen LogP contribution in [-0.2, 0) is 4.79 Å². The van der Waals surface area contributed by atoms with E-state index in [2.05, 4.69) is 36.4 Å². The molecule has 1 aliphatic carbocycles. The number of hydrogen-bond donors (Lipinski definition) is 4. The van der Waals surface area contributed by atoms with Gasteiger partial charge in [0.05, 0.1) is 24.0 Å². The average molecular weight is 544 g/mol. The van der Waals surface area contributed by atoms with Gasteiger partial charge in [-0.25, -0.2) is 0 Å². The van der Waals surface area contributed by atoms with Crippen LogP contribution in [-0.4, -0.2) is 55.2 Å². The number of nitrogens with zero attached hydrogens (tertiary/aromatic N) is 3. The molecule has 0 bridgehead atoms. The Balaban J connectivity index is 1.36. The number of benzene rings is 2. The van der Waals surface area contributed by atoms with Crippen molar-refractivity contribution in [1.29, 1.82) is 0 Å². The van der Waals surface area contributed by atoms with Crippen LogP contribution in [0.1, 0.15) is 53.0 Å². The molecule has 2 heterocycles. The Morgan fingerprint density at radius 3 is 2.33 bits per heavy atom. The van der Waals surface area contributed by atoms with E-state index in [1.54, 1.807) is 18.2 Å². The number of ether oxygens (including phenoxy) is 1. The van der Waals surface area contributed by atoms with Crippen molar-refractivity contribution in [3.05, 3.63) is 59.8 Å². The van der Waals surface area contributed by atoms with Gasteiger partial charge in [-0.15, -0.1) is 10.2 Å². The van der Waals surface area contributed by atoms with E-state index in [1.807, 2.05) is 24.3 Å². The highest BCUT2D eigenvalue weighted by molar-refractivity contribution is 6.08. The normalized spacial score (nSPS) is 14.7. The van der Waals surface area contributed by atoms with Gasteiger partial charge in [-0.2, -0.15) is 0 Å². The van der Waals surface area contributed by atoms with Gasteiger partial charge >= 0.3 is 0 Å². The van der Waals surface area contributed by atoms with Crippen molar-refractivity contribution in [2.45, 2.75) is 32.1 Å². The third-order valence-electron chi connectivity index (χ3n) is 7.01. The zero-order chi connectivity index (χ0) is 28.1. The third kappa shape index (κ3) is 6.14. The first-order valence-corrected chi connectivity index (χ1v) is 13.5. The lowest BCUT2D eigenvalue weighted by Crippen LogP contribution is -2.29. The molecule has 208 valence electrons. The molecule has 0 spiro atoms. The molecule has 1 saturated heterocycles. The molecule has 1 saturated carbocycles. The van der Waals surface area contributed by atoms with Crippen molar-refractivity contribution < 1.29 is 19.1 Å². The first-order valence-electron chi connectivity index (χ1n) is 13.5. The number of hydrogen-bond acceptors (Lipinski definition) is 8. The van der Waals surface area contributed by atoms with Crippen LogP contribution in [0.5, 0.6) is 5.75 Å². The van der Waals surface area contributed by atoms with Gasteiger partial charge in [0.25, 0.3) is 11.8 Å². The SMILES string of the molecule is CNC(=O)c1nnc(NC(=O)C2CC2)cc1Nc1cccc(C(=O)Nc2ccc(N3CCCCC3)cc2)c1OC. The summed E-state index contributed by atoms with van der Waals surface area (Å²) < 4.78 is 5.63. The lowest BCUT2D eigenvalue weighted by Gasteiger charge is -2.28. The Hall–Kier alpha value is -4.67. The summed E-state index contributed by atoms with van der Waals surface area (Å²) in [7, 11) is 2.96. The molecule has 0 radical (unpaired) electrons. The van der Waals surface area contributed by atoms with Crippen molar-refractivity contribution in [2.75, 3.05) is 48.1 Å². The second kappa shape index (κ2) is 12.0. The number of rotatable bonds is 9. The van der Waals surface area contributed by atoms with Crippen LogP contribution in [0.25, 0.3) is 0 Å². The minimum absolute atomic E-state index is 0.0203. The Labute approximate surface area is 232 Å². The van der Waals surface area contributed by atoms with E-state index in [1.165, 1.54) is 39.5 Å². The lowest BCUT2D eigenvalue weighted by atomic mass is 10.1. The fourth-order valence-electron chi connectivity index (χ4n) is 4.69. The Morgan fingerprint density at radius 2 is 1.65 bits per heavy atom. The highest BCUT2D eigenvalue weighted by atomic mass is 16.5. The number of carbonyl (C=O) groups is 3. The Bertz CT molecular complexity index is 1400. The molecule has 4 N–H and O–H groups in total. The highest BCUT2D eigenvalue weighted by Crippen LogP contribution is 2.34. The van der Waals surface area contributed by atoms with Crippen LogP contribution in [0.2, 0.25) is 0 Å². The standard InChI is InChI=1S/C29H33N7O4/c1-30-29(39)25-23(17-24(34-35-25)33-27(37)18-9-10-18)32-22-8-6-7-21(26(22)40-2)28(38)31-19-11-13-20(14-12-19)36-15-4-3-5-16-36/h6-8,11-14,17-18H,3-5,9-10,15-16H2,1-2H3,(H,30,39)(H,31,38)(H2,32,33,34,37). The molecular weight excluding hydrogens is 510 g/mol. The van der Waals surface area contributed by atoms with Crippen LogP contribution >= 0.6 is 0 Å². The molecule has 0 atom stereocenters. The molecule has 11 nitrogen and oxygen atoms in total. The van der Waals surface area contributed by atoms with E-state index in [-0.39, 0.29) is 35.0 Å². The number of methoxy groups -OCH3 is 1. The Kier molecular flexibility index (Phi) is 8.09. The molecule has 2 aromatic carbocycles. The maximum atomic E-state index is 13.3. The van der Waals surface area contributed by atoms with Crippen LogP contribution in [0.15, 0.2) is 48.5 Å². The molecule has 11 heteroatoms. The molecule has 5 rings (SSSR count). The minimum atomic E-state index is -0.462. The second-order valence-corrected chi connectivity index (χ2v) is 9.89. The molecule has 1 aliphatic heterocycles. The first kappa shape index (κ1) is 26.9. The highest BCUT2D eigenvalue weighted by Gasteiger charge is 2.30. The van der Waals surface area contributed by atoms with E-state index in [0.717, 1.165) is 31.6 Å². The minimum Gasteiger partial charge on any atom is -0.494 e. The predicted molar refractivity (Wildman–Crippen MR) is 154 cm³/mol. The molecule has 1 aromatic heterocycles. The predicted octanol–water partition coefficient (Wildman–Crippen LogP) is 4.18. The summed E-state index contributed by atoms with van der Waals surface area (Å²) in [6.07, 6.45) is 5.34. The van der Waals surface area contributed by atoms with Crippen LogP contribution in [0, 0.1) is 5.92 Å².